The zero-order chi connectivity index (χ0) is 19.1. The largest absolute Gasteiger partial charge is 0.507 e. The van der Waals surface area contributed by atoms with Crippen molar-refractivity contribution in [2.45, 2.75) is 6.92 Å². The van der Waals surface area contributed by atoms with Crippen LogP contribution in [0.4, 0.5) is 0 Å². The molecule has 0 aromatic heterocycles. The van der Waals surface area contributed by atoms with Gasteiger partial charge in [-0.3, -0.25) is 0 Å². The number of benzene rings is 3. The Hall–Kier alpha value is -3.66. The maximum atomic E-state index is 10.0. The van der Waals surface area contributed by atoms with Crippen LogP contribution in [-0.4, -0.2) is 16.8 Å². The Morgan fingerprint density at radius 1 is 0.815 bits per heavy atom. The van der Waals surface area contributed by atoms with E-state index in [1.165, 1.54) is 0 Å². The van der Waals surface area contributed by atoms with E-state index >= 15 is 0 Å². The number of hydrogen-bond acceptors (Lipinski definition) is 3. The molecule has 0 unspecified atom stereocenters. The molecule has 27 heavy (non-hydrogen) atoms. The molecule has 1 N–H and O–H groups in total. The second-order valence-corrected chi connectivity index (χ2v) is 5.84. The number of phenols is 1. The molecular weight excluding hydrogens is 336 g/mol. The zero-order valence-electron chi connectivity index (χ0n) is 15.0. The molecule has 3 aromatic rings. The summed E-state index contributed by atoms with van der Waals surface area (Å²) >= 11 is 0. The standard InChI is InChI=1S/C23H20N2O2/c1-17(19-11-5-3-6-12-19)24-23(27-20-13-7-4-8-14-20)25-18(2)21-15-9-10-16-22(21)26/h3-16,26H,2H2,1H3/b24-17+,25-23?. The Labute approximate surface area is 158 Å². The van der Waals surface area contributed by atoms with E-state index in [2.05, 4.69) is 16.6 Å². The van der Waals surface area contributed by atoms with Crippen LogP contribution < -0.4 is 4.74 Å². The van der Waals surface area contributed by atoms with Gasteiger partial charge in [0.1, 0.15) is 11.5 Å². The highest BCUT2D eigenvalue weighted by molar-refractivity contribution is 6.05. The van der Waals surface area contributed by atoms with E-state index in [0.717, 1.165) is 11.3 Å². The maximum absolute atomic E-state index is 10.0. The van der Waals surface area contributed by atoms with Crippen LogP contribution in [0.15, 0.2) is 101 Å². The molecule has 0 radical (unpaired) electrons. The summed E-state index contributed by atoms with van der Waals surface area (Å²) < 4.78 is 5.86. The Morgan fingerprint density at radius 2 is 1.41 bits per heavy atom. The molecule has 0 aliphatic rings. The number of rotatable bonds is 4. The van der Waals surface area contributed by atoms with Crippen molar-refractivity contribution >= 4 is 17.4 Å². The molecule has 134 valence electrons. The first-order chi connectivity index (χ1) is 13.1. The van der Waals surface area contributed by atoms with Crippen molar-refractivity contribution in [3.05, 3.63) is 103 Å². The molecule has 4 heteroatoms. The fourth-order valence-corrected chi connectivity index (χ4v) is 2.45. The number of nitrogens with zero attached hydrogens (tertiary/aromatic N) is 2. The Balaban J connectivity index is 1.97. The van der Waals surface area contributed by atoms with Gasteiger partial charge in [-0.15, -0.1) is 0 Å². The molecule has 3 aromatic carbocycles. The average molecular weight is 356 g/mol. The van der Waals surface area contributed by atoms with Gasteiger partial charge in [0.2, 0.25) is 0 Å². The van der Waals surface area contributed by atoms with Gasteiger partial charge < -0.3 is 9.84 Å². The van der Waals surface area contributed by atoms with Crippen LogP contribution in [0.3, 0.4) is 0 Å². The van der Waals surface area contributed by atoms with E-state index < -0.39 is 0 Å². The van der Waals surface area contributed by atoms with Gasteiger partial charge in [0.25, 0.3) is 0 Å². The normalized spacial score (nSPS) is 11.9. The molecule has 0 amide bonds. The molecule has 4 nitrogen and oxygen atoms in total. The Kier molecular flexibility index (Phi) is 5.80. The minimum absolute atomic E-state index is 0.106. The van der Waals surface area contributed by atoms with Gasteiger partial charge in [-0.05, 0) is 36.8 Å². The van der Waals surface area contributed by atoms with E-state index in [1.807, 2.05) is 73.7 Å². The van der Waals surface area contributed by atoms with Gasteiger partial charge >= 0.3 is 6.02 Å². The summed E-state index contributed by atoms with van der Waals surface area (Å²) in [5.74, 6) is 0.722. The average Bonchev–Trinajstić information content (AvgIpc) is 2.69. The van der Waals surface area contributed by atoms with Crippen molar-refractivity contribution in [2.24, 2.45) is 9.98 Å². The number of phenolic OH excluding ortho intramolecular Hbond substituents is 1. The van der Waals surface area contributed by atoms with Crippen LogP contribution in [0, 0.1) is 0 Å². The summed E-state index contributed by atoms with van der Waals surface area (Å²) in [6.45, 7) is 5.84. The predicted molar refractivity (Wildman–Crippen MR) is 110 cm³/mol. The first-order valence-electron chi connectivity index (χ1n) is 8.53. The first kappa shape index (κ1) is 18.1. The zero-order valence-corrected chi connectivity index (χ0v) is 15.0. The third-order valence-electron chi connectivity index (χ3n) is 3.85. The lowest BCUT2D eigenvalue weighted by molar-refractivity contribution is 0.473. The summed E-state index contributed by atoms with van der Waals surface area (Å²) in [6.07, 6.45) is 0. The number of aromatic hydroxyl groups is 1. The molecule has 0 aliphatic carbocycles. The van der Waals surface area contributed by atoms with Crippen molar-refractivity contribution in [1.29, 1.82) is 0 Å². The van der Waals surface area contributed by atoms with Crippen LogP contribution in [0.5, 0.6) is 11.5 Å². The lowest BCUT2D eigenvalue weighted by Gasteiger charge is -2.09. The van der Waals surface area contributed by atoms with E-state index in [1.54, 1.807) is 18.2 Å². The highest BCUT2D eigenvalue weighted by Crippen LogP contribution is 2.24. The SMILES string of the molecule is C=C(N=C(/N=C(\C)c1ccccc1)Oc1ccccc1)c1ccccc1O. The molecule has 0 spiro atoms. The molecule has 0 saturated heterocycles. The van der Waals surface area contributed by atoms with Crippen molar-refractivity contribution in [3.63, 3.8) is 0 Å². The van der Waals surface area contributed by atoms with Gasteiger partial charge in [0, 0.05) is 5.56 Å². The van der Waals surface area contributed by atoms with E-state index in [4.69, 9.17) is 4.74 Å². The molecule has 0 heterocycles. The van der Waals surface area contributed by atoms with Gasteiger partial charge in [-0.25, -0.2) is 0 Å². The molecule has 3 rings (SSSR count). The fourth-order valence-electron chi connectivity index (χ4n) is 2.45. The molecule has 0 aliphatic heterocycles. The van der Waals surface area contributed by atoms with Crippen LogP contribution in [0.25, 0.3) is 5.70 Å². The highest BCUT2D eigenvalue weighted by Gasteiger charge is 2.08. The second-order valence-electron chi connectivity index (χ2n) is 5.84. The number of aliphatic imine (C=N–C) groups is 2. The lowest BCUT2D eigenvalue weighted by Crippen LogP contribution is -2.09. The molecule has 0 saturated carbocycles. The number of hydrogen-bond donors (Lipinski definition) is 1. The molecular formula is C23H20N2O2. The fraction of sp³-hybridized carbons (Fsp3) is 0.0435. The summed E-state index contributed by atoms with van der Waals surface area (Å²) in [6, 6.07) is 26.1. The molecule has 0 bridgehead atoms. The summed E-state index contributed by atoms with van der Waals surface area (Å²) in [7, 11) is 0. The summed E-state index contributed by atoms with van der Waals surface area (Å²) in [4.78, 5) is 8.96. The van der Waals surface area contributed by atoms with Gasteiger partial charge in [-0.2, -0.15) is 9.98 Å². The van der Waals surface area contributed by atoms with Crippen molar-refractivity contribution in [1.82, 2.24) is 0 Å². The van der Waals surface area contributed by atoms with Crippen LogP contribution in [0.2, 0.25) is 0 Å². The van der Waals surface area contributed by atoms with E-state index in [0.29, 0.717) is 17.0 Å². The minimum atomic E-state index is 0.106. The van der Waals surface area contributed by atoms with Crippen molar-refractivity contribution in [3.8, 4) is 11.5 Å². The predicted octanol–water partition coefficient (Wildman–Crippen LogP) is 5.31. The number of ether oxygens (including phenoxy) is 1. The van der Waals surface area contributed by atoms with Crippen LogP contribution in [0.1, 0.15) is 18.1 Å². The highest BCUT2D eigenvalue weighted by atomic mass is 16.5. The molecule has 0 atom stereocenters. The van der Waals surface area contributed by atoms with Gasteiger partial charge in [0.15, 0.2) is 0 Å². The van der Waals surface area contributed by atoms with Gasteiger partial charge in [0.05, 0.1) is 11.4 Å². The number of para-hydroxylation sites is 2. The molecule has 0 fully saturated rings. The third kappa shape index (κ3) is 4.92. The van der Waals surface area contributed by atoms with E-state index in [-0.39, 0.29) is 11.8 Å². The van der Waals surface area contributed by atoms with Gasteiger partial charge in [-0.1, -0.05) is 67.2 Å². The van der Waals surface area contributed by atoms with Crippen molar-refractivity contribution in [2.75, 3.05) is 0 Å². The third-order valence-corrected chi connectivity index (χ3v) is 3.85. The maximum Gasteiger partial charge on any atom is 0.322 e. The minimum Gasteiger partial charge on any atom is -0.507 e. The van der Waals surface area contributed by atoms with Crippen LogP contribution >= 0.6 is 0 Å². The topological polar surface area (TPSA) is 54.2 Å². The Bertz CT molecular complexity index is 978. The number of amidine groups is 1. The second kappa shape index (κ2) is 8.63. The first-order valence-corrected chi connectivity index (χ1v) is 8.53. The van der Waals surface area contributed by atoms with Crippen molar-refractivity contribution < 1.29 is 9.84 Å². The lowest BCUT2D eigenvalue weighted by atomic mass is 10.1. The van der Waals surface area contributed by atoms with E-state index in [9.17, 15) is 5.11 Å². The summed E-state index contributed by atoms with van der Waals surface area (Å²) in [5.41, 5.74) is 2.62. The van der Waals surface area contributed by atoms with Crippen LogP contribution in [-0.2, 0) is 0 Å². The Morgan fingerprint density at radius 3 is 2.07 bits per heavy atom. The monoisotopic (exact) mass is 356 g/mol. The smallest absolute Gasteiger partial charge is 0.322 e. The summed E-state index contributed by atoms with van der Waals surface area (Å²) in [5, 5.41) is 10.0. The quantitative estimate of drug-likeness (QED) is 0.509.